The van der Waals surface area contributed by atoms with Crippen molar-refractivity contribution >= 4 is 5.91 Å². The van der Waals surface area contributed by atoms with Gasteiger partial charge in [-0.25, -0.2) is 9.97 Å². The number of benzene rings is 1. The molecule has 0 N–H and O–H groups in total. The van der Waals surface area contributed by atoms with Gasteiger partial charge in [0.2, 0.25) is 0 Å². The van der Waals surface area contributed by atoms with Crippen molar-refractivity contribution in [3.8, 4) is 6.07 Å². The van der Waals surface area contributed by atoms with Crippen LogP contribution in [0.25, 0.3) is 0 Å². The van der Waals surface area contributed by atoms with Crippen LogP contribution in [0.5, 0.6) is 0 Å². The SMILES string of the molecule is N#Cc1cccc(C(=O)N2CCc3ncnc(C4CC4)c3CC2)c1. The van der Waals surface area contributed by atoms with E-state index in [9.17, 15) is 4.79 Å². The second-order valence-corrected chi connectivity index (χ2v) is 6.44. The predicted molar refractivity (Wildman–Crippen MR) is 88.5 cm³/mol. The highest BCUT2D eigenvalue weighted by atomic mass is 16.2. The van der Waals surface area contributed by atoms with Crippen molar-refractivity contribution in [3.63, 3.8) is 0 Å². The molecule has 2 aromatic rings. The Morgan fingerprint density at radius 3 is 2.83 bits per heavy atom. The first-order valence-corrected chi connectivity index (χ1v) is 8.38. The van der Waals surface area contributed by atoms with Crippen molar-refractivity contribution in [3.05, 3.63) is 58.7 Å². The van der Waals surface area contributed by atoms with E-state index < -0.39 is 0 Å². The van der Waals surface area contributed by atoms with E-state index in [-0.39, 0.29) is 5.91 Å². The molecule has 5 nitrogen and oxygen atoms in total. The van der Waals surface area contributed by atoms with Crippen LogP contribution in [0, 0.1) is 11.3 Å². The van der Waals surface area contributed by atoms with Gasteiger partial charge in [0.15, 0.2) is 0 Å². The van der Waals surface area contributed by atoms with Gasteiger partial charge in [-0.15, -0.1) is 0 Å². The summed E-state index contributed by atoms with van der Waals surface area (Å²) in [7, 11) is 0. The van der Waals surface area contributed by atoms with Crippen molar-refractivity contribution in [2.75, 3.05) is 13.1 Å². The highest BCUT2D eigenvalue weighted by Crippen LogP contribution is 2.41. The first kappa shape index (κ1) is 14.8. The van der Waals surface area contributed by atoms with Crippen LogP contribution in [0.15, 0.2) is 30.6 Å². The van der Waals surface area contributed by atoms with Crippen LogP contribution >= 0.6 is 0 Å². The first-order valence-electron chi connectivity index (χ1n) is 8.38. The van der Waals surface area contributed by atoms with E-state index in [1.807, 2.05) is 4.90 Å². The zero-order valence-electron chi connectivity index (χ0n) is 13.4. The molecule has 24 heavy (non-hydrogen) atoms. The standard InChI is InChI=1S/C19H18N4O/c20-11-13-2-1-3-15(10-13)19(24)23-8-6-16-17(7-9-23)21-12-22-18(16)14-4-5-14/h1-3,10,12,14H,4-9H2. The number of hydrogen-bond acceptors (Lipinski definition) is 4. The van der Waals surface area contributed by atoms with Gasteiger partial charge in [0, 0.05) is 36.7 Å². The van der Waals surface area contributed by atoms with E-state index in [0.717, 1.165) is 18.5 Å². The molecular weight excluding hydrogens is 300 g/mol. The number of amides is 1. The molecule has 1 aliphatic heterocycles. The molecule has 0 saturated heterocycles. The van der Waals surface area contributed by atoms with Crippen LogP contribution in [-0.4, -0.2) is 33.9 Å². The lowest BCUT2D eigenvalue weighted by atomic mass is 10.0. The third kappa shape index (κ3) is 2.76. The maximum Gasteiger partial charge on any atom is 0.253 e. The highest BCUT2D eigenvalue weighted by molar-refractivity contribution is 5.94. The fraction of sp³-hybridized carbons (Fsp3) is 0.368. The van der Waals surface area contributed by atoms with Crippen molar-refractivity contribution in [2.24, 2.45) is 0 Å². The van der Waals surface area contributed by atoms with Gasteiger partial charge < -0.3 is 4.90 Å². The summed E-state index contributed by atoms with van der Waals surface area (Å²) in [6.45, 7) is 1.33. The van der Waals surface area contributed by atoms with Gasteiger partial charge in [-0.2, -0.15) is 5.26 Å². The minimum absolute atomic E-state index is 0.0131. The van der Waals surface area contributed by atoms with E-state index in [1.165, 1.54) is 24.1 Å². The Bertz CT molecular complexity index is 836. The summed E-state index contributed by atoms with van der Waals surface area (Å²) in [4.78, 5) is 23.6. The number of rotatable bonds is 2. The second-order valence-electron chi connectivity index (χ2n) is 6.44. The summed E-state index contributed by atoms with van der Waals surface area (Å²) in [6, 6.07) is 9.00. The number of hydrogen-bond donors (Lipinski definition) is 0. The summed E-state index contributed by atoms with van der Waals surface area (Å²) in [6.07, 6.45) is 5.67. The van der Waals surface area contributed by atoms with Gasteiger partial charge >= 0.3 is 0 Å². The van der Waals surface area contributed by atoms with Crippen LogP contribution in [0.4, 0.5) is 0 Å². The number of carbonyl (C=O) groups excluding carboxylic acids is 1. The molecule has 5 heteroatoms. The molecule has 120 valence electrons. The summed E-state index contributed by atoms with van der Waals surface area (Å²) >= 11 is 0. The lowest BCUT2D eigenvalue weighted by Crippen LogP contribution is -2.33. The smallest absolute Gasteiger partial charge is 0.253 e. The normalized spacial score (nSPS) is 16.9. The molecule has 0 unspecified atom stereocenters. The van der Waals surface area contributed by atoms with E-state index >= 15 is 0 Å². The zero-order valence-corrected chi connectivity index (χ0v) is 13.4. The molecule has 1 aliphatic carbocycles. The van der Waals surface area contributed by atoms with Crippen LogP contribution in [0.2, 0.25) is 0 Å². The van der Waals surface area contributed by atoms with E-state index in [0.29, 0.717) is 30.1 Å². The molecule has 0 spiro atoms. The average Bonchev–Trinajstić information content (AvgIpc) is 3.47. The molecule has 1 aromatic heterocycles. The topological polar surface area (TPSA) is 69.9 Å². The minimum Gasteiger partial charge on any atom is -0.338 e. The molecule has 4 rings (SSSR count). The molecule has 2 heterocycles. The number of aromatic nitrogens is 2. The molecule has 0 radical (unpaired) electrons. The summed E-state index contributed by atoms with van der Waals surface area (Å²) in [5.41, 5.74) is 4.63. The van der Waals surface area contributed by atoms with Gasteiger partial charge in [0.1, 0.15) is 6.33 Å². The fourth-order valence-corrected chi connectivity index (χ4v) is 3.37. The van der Waals surface area contributed by atoms with Crippen molar-refractivity contribution in [1.82, 2.24) is 14.9 Å². The summed E-state index contributed by atoms with van der Waals surface area (Å²) in [5, 5.41) is 9.02. The highest BCUT2D eigenvalue weighted by Gasteiger charge is 2.30. The van der Waals surface area contributed by atoms with Gasteiger partial charge in [0.05, 0.1) is 17.3 Å². The summed E-state index contributed by atoms with van der Waals surface area (Å²) < 4.78 is 0. The maximum absolute atomic E-state index is 12.8. The molecule has 1 aromatic carbocycles. The number of fused-ring (bicyclic) bond motifs is 1. The third-order valence-electron chi connectivity index (χ3n) is 4.81. The number of nitriles is 1. The lowest BCUT2D eigenvalue weighted by molar-refractivity contribution is 0.0763. The van der Waals surface area contributed by atoms with Crippen LogP contribution in [0.1, 0.15) is 51.6 Å². The van der Waals surface area contributed by atoms with Gasteiger partial charge in [-0.1, -0.05) is 6.07 Å². The van der Waals surface area contributed by atoms with Gasteiger partial charge in [0.25, 0.3) is 5.91 Å². The van der Waals surface area contributed by atoms with Crippen LogP contribution in [-0.2, 0) is 12.8 Å². The predicted octanol–water partition coefficient (Wildman–Crippen LogP) is 2.47. The maximum atomic E-state index is 12.8. The molecule has 1 amide bonds. The van der Waals surface area contributed by atoms with Gasteiger partial charge in [-0.05, 0) is 43.0 Å². The van der Waals surface area contributed by atoms with Crippen molar-refractivity contribution in [2.45, 2.75) is 31.6 Å². The molecule has 1 fully saturated rings. The second kappa shape index (κ2) is 6.04. The van der Waals surface area contributed by atoms with E-state index in [4.69, 9.17) is 5.26 Å². The van der Waals surface area contributed by atoms with Crippen LogP contribution < -0.4 is 0 Å². The number of nitrogens with zero attached hydrogens (tertiary/aromatic N) is 4. The Hall–Kier alpha value is -2.74. The quantitative estimate of drug-likeness (QED) is 0.853. The molecule has 0 atom stereocenters. The molecule has 1 saturated carbocycles. The third-order valence-corrected chi connectivity index (χ3v) is 4.81. The molecule has 0 bridgehead atoms. The summed E-state index contributed by atoms with van der Waals surface area (Å²) in [5.74, 6) is 0.581. The monoisotopic (exact) mass is 318 g/mol. The zero-order chi connectivity index (χ0) is 16.5. The average molecular weight is 318 g/mol. The Morgan fingerprint density at radius 1 is 1.21 bits per heavy atom. The fourth-order valence-electron chi connectivity index (χ4n) is 3.37. The lowest BCUT2D eigenvalue weighted by Gasteiger charge is -2.20. The van der Waals surface area contributed by atoms with E-state index in [2.05, 4.69) is 16.0 Å². The van der Waals surface area contributed by atoms with Crippen LogP contribution in [0.3, 0.4) is 0 Å². The van der Waals surface area contributed by atoms with Crippen molar-refractivity contribution in [1.29, 1.82) is 5.26 Å². The van der Waals surface area contributed by atoms with E-state index in [1.54, 1.807) is 30.6 Å². The largest absolute Gasteiger partial charge is 0.338 e. The Labute approximate surface area is 141 Å². The van der Waals surface area contributed by atoms with Gasteiger partial charge in [-0.3, -0.25) is 4.79 Å². The minimum atomic E-state index is -0.0131. The number of carbonyl (C=O) groups is 1. The Kier molecular flexibility index (Phi) is 3.73. The molecule has 2 aliphatic rings. The van der Waals surface area contributed by atoms with Crippen molar-refractivity contribution < 1.29 is 4.79 Å². The molecular formula is C19H18N4O. The first-order chi connectivity index (χ1) is 11.8. The Morgan fingerprint density at radius 2 is 2.04 bits per heavy atom. The Balaban J connectivity index is 1.56.